The number of nitrogens with zero attached hydrogens (tertiary/aromatic N) is 1. The molecule has 5 nitrogen and oxygen atoms in total. The Morgan fingerprint density at radius 1 is 1.50 bits per heavy atom. The largest absolute Gasteiger partial charge is 0.328 e. The number of aromatic nitrogens is 2. The van der Waals surface area contributed by atoms with Crippen molar-refractivity contribution in [1.29, 1.82) is 0 Å². The van der Waals surface area contributed by atoms with Gasteiger partial charge in [0.2, 0.25) is 0 Å². The van der Waals surface area contributed by atoms with E-state index in [0.717, 1.165) is 19.4 Å². The van der Waals surface area contributed by atoms with Gasteiger partial charge in [-0.3, -0.25) is 14.3 Å². The molecule has 1 aromatic rings. The molecule has 0 aliphatic carbocycles. The molecule has 76 valence electrons. The SMILES string of the molecule is O=c1ccn(C[C@H]2CCCN2)c(=O)[nH]1. The molecule has 0 saturated carbocycles. The number of rotatable bonds is 2. The summed E-state index contributed by atoms with van der Waals surface area (Å²) in [6.07, 6.45) is 3.79. The van der Waals surface area contributed by atoms with Gasteiger partial charge in [-0.2, -0.15) is 0 Å². The highest BCUT2D eigenvalue weighted by Crippen LogP contribution is 2.05. The standard InChI is InChI=1S/C9H13N3O2/c13-8-3-5-12(9(14)11-8)6-7-2-1-4-10-7/h3,5,7,10H,1-2,4,6H2,(H,11,13,14)/t7-/m1/s1. The van der Waals surface area contributed by atoms with Gasteiger partial charge in [-0.25, -0.2) is 4.79 Å². The molecule has 2 heterocycles. The Bertz CT molecular complexity index is 415. The minimum absolute atomic E-state index is 0.328. The van der Waals surface area contributed by atoms with Crippen LogP contribution in [-0.4, -0.2) is 22.1 Å². The van der Waals surface area contributed by atoms with Crippen molar-refractivity contribution in [3.05, 3.63) is 33.1 Å². The average molecular weight is 195 g/mol. The molecule has 5 heteroatoms. The average Bonchev–Trinajstić information content (AvgIpc) is 2.62. The molecule has 0 bridgehead atoms. The van der Waals surface area contributed by atoms with E-state index in [0.29, 0.717) is 12.6 Å². The molecule has 2 rings (SSSR count). The van der Waals surface area contributed by atoms with Crippen LogP contribution in [0.4, 0.5) is 0 Å². The summed E-state index contributed by atoms with van der Waals surface area (Å²) in [6, 6.07) is 1.73. The van der Waals surface area contributed by atoms with Gasteiger partial charge in [0.05, 0.1) is 0 Å². The first kappa shape index (κ1) is 9.21. The smallest absolute Gasteiger partial charge is 0.312 e. The van der Waals surface area contributed by atoms with Gasteiger partial charge in [-0.05, 0) is 19.4 Å². The van der Waals surface area contributed by atoms with Crippen LogP contribution < -0.4 is 16.6 Å². The summed E-state index contributed by atoms with van der Waals surface area (Å²) in [6.45, 7) is 1.65. The van der Waals surface area contributed by atoms with Crippen LogP contribution in [-0.2, 0) is 6.54 Å². The molecule has 1 fully saturated rings. The number of hydrogen-bond acceptors (Lipinski definition) is 3. The zero-order valence-electron chi connectivity index (χ0n) is 7.82. The van der Waals surface area contributed by atoms with E-state index in [2.05, 4.69) is 10.3 Å². The molecule has 0 spiro atoms. The van der Waals surface area contributed by atoms with Gasteiger partial charge in [0.25, 0.3) is 5.56 Å². The van der Waals surface area contributed by atoms with Crippen molar-refractivity contribution >= 4 is 0 Å². The Morgan fingerprint density at radius 3 is 3.00 bits per heavy atom. The lowest BCUT2D eigenvalue weighted by Crippen LogP contribution is -2.35. The second kappa shape index (κ2) is 3.79. The van der Waals surface area contributed by atoms with E-state index in [9.17, 15) is 9.59 Å². The predicted octanol–water partition coefficient (Wildman–Crippen LogP) is -0.711. The maximum atomic E-state index is 11.3. The molecule has 0 radical (unpaired) electrons. The third-order valence-corrected chi connectivity index (χ3v) is 2.48. The summed E-state index contributed by atoms with van der Waals surface area (Å²) < 4.78 is 1.53. The fourth-order valence-corrected chi connectivity index (χ4v) is 1.74. The molecule has 0 unspecified atom stereocenters. The van der Waals surface area contributed by atoms with E-state index in [1.807, 2.05) is 0 Å². The molecular weight excluding hydrogens is 182 g/mol. The highest BCUT2D eigenvalue weighted by Gasteiger charge is 2.14. The fourth-order valence-electron chi connectivity index (χ4n) is 1.74. The lowest BCUT2D eigenvalue weighted by molar-refractivity contribution is 0.492. The fraction of sp³-hybridized carbons (Fsp3) is 0.556. The summed E-state index contributed by atoms with van der Waals surface area (Å²) >= 11 is 0. The van der Waals surface area contributed by atoms with E-state index < -0.39 is 0 Å². The molecule has 1 aliphatic rings. The highest BCUT2D eigenvalue weighted by atomic mass is 16.2. The van der Waals surface area contributed by atoms with E-state index in [1.165, 1.54) is 10.6 Å². The molecule has 1 saturated heterocycles. The van der Waals surface area contributed by atoms with Crippen LogP contribution >= 0.6 is 0 Å². The van der Waals surface area contributed by atoms with Crippen molar-refractivity contribution in [2.45, 2.75) is 25.4 Å². The maximum absolute atomic E-state index is 11.3. The van der Waals surface area contributed by atoms with Gasteiger partial charge in [0.15, 0.2) is 0 Å². The van der Waals surface area contributed by atoms with Crippen molar-refractivity contribution in [2.24, 2.45) is 0 Å². The molecule has 2 N–H and O–H groups in total. The first-order chi connectivity index (χ1) is 6.75. The van der Waals surface area contributed by atoms with Crippen molar-refractivity contribution in [3.8, 4) is 0 Å². The quantitative estimate of drug-likeness (QED) is 0.655. The molecule has 14 heavy (non-hydrogen) atoms. The van der Waals surface area contributed by atoms with Crippen molar-refractivity contribution in [1.82, 2.24) is 14.9 Å². The third-order valence-electron chi connectivity index (χ3n) is 2.48. The van der Waals surface area contributed by atoms with E-state index in [1.54, 1.807) is 6.20 Å². The second-order valence-electron chi connectivity index (χ2n) is 3.56. The number of aromatic amines is 1. The first-order valence-corrected chi connectivity index (χ1v) is 4.79. The Hall–Kier alpha value is -1.36. The van der Waals surface area contributed by atoms with Gasteiger partial charge in [-0.15, -0.1) is 0 Å². The van der Waals surface area contributed by atoms with E-state index >= 15 is 0 Å². The van der Waals surface area contributed by atoms with Crippen LogP contribution in [0.1, 0.15) is 12.8 Å². The summed E-state index contributed by atoms with van der Waals surface area (Å²) in [5.74, 6) is 0. The van der Waals surface area contributed by atoms with Crippen molar-refractivity contribution in [3.63, 3.8) is 0 Å². The molecule has 1 atom stereocenters. The van der Waals surface area contributed by atoms with Crippen LogP contribution in [0.25, 0.3) is 0 Å². The monoisotopic (exact) mass is 195 g/mol. The number of H-pyrrole nitrogens is 1. The van der Waals surface area contributed by atoms with Gasteiger partial charge in [-0.1, -0.05) is 0 Å². The van der Waals surface area contributed by atoms with Gasteiger partial charge >= 0.3 is 5.69 Å². The Morgan fingerprint density at radius 2 is 2.36 bits per heavy atom. The molecule has 0 aromatic carbocycles. The number of hydrogen-bond donors (Lipinski definition) is 2. The van der Waals surface area contributed by atoms with Crippen molar-refractivity contribution in [2.75, 3.05) is 6.54 Å². The van der Waals surface area contributed by atoms with E-state index in [4.69, 9.17) is 0 Å². The van der Waals surface area contributed by atoms with E-state index in [-0.39, 0.29) is 11.2 Å². The Labute approximate surface area is 80.8 Å². The maximum Gasteiger partial charge on any atom is 0.328 e. The second-order valence-corrected chi connectivity index (χ2v) is 3.56. The normalized spacial score (nSPS) is 21.3. The van der Waals surface area contributed by atoms with Gasteiger partial charge in [0.1, 0.15) is 0 Å². The summed E-state index contributed by atoms with van der Waals surface area (Å²) in [5, 5.41) is 3.30. The van der Waals surface area contributed by atoms with Gasteiger partial charge in [0, 0.05) is 24.8 Å². The first-order valence-electron chi connectivity index (χ1n) is 4.79. The minimum atomic E-state index is -0.342. The van der Waals surface area contributed by atoms with Crippen LogP contribution in [0.15, 0.2) is 21.9 Å². The molecular formula is C9H13N3O2. The van der Waals surface area contributed by atoms with Crippen LogP contribution in [0, 0.1) is 0 Å². The lowest BCUT2D eigenvalue weighted by atomic mass is 10.2. The van der Waals surface area contributed by atoms with Gasteiger partial charge < -0.3 is 5.32 Å². The predicted molar refractivity (Wildman–Crippen MR) is 52.3 cm³/mol. The topological polar surface area (TPSA) is 66.9 Å². The summed E-state index contributed by atoms with van der Waals surface area (Å²) in [5.41, 5.74) is -0.670. The third kappa shape index (κ3) is 1.93. The Balaban J connectivity index is 2.16. The molecule has 0 amide bonds. The zero-order chi connectivity index (χ0) is 9.97. The zero-order valence-corrected chi connectivity index (χ0v) is 7.82. The van der Waals surface area contributed by atoms with Crippen LogP contribution in [0.2, 0.25) is 0 Å². The summed E-state index contributed by atoms with van der Waals surface area (Å²) in [7, 11) is 0. The lowest BCUT2D eigenvalue weighted by Gasteiger charge is -2.11. The molecule has 1 aliphatic heterocycles. The van der Waals surface area contributed by atoms with Crippen molar-refractivity contribution < 1.29 is 0 Å². The minimum Gasteiger partial charge on any atom is -0.312 e. The van der Waals surface area contributed by atoms with Crippen LogP contribution in [0.5, 0.6) is 0 Å². The molecule has 1 aromatic heterocycles. The highest BCUT2D eigenvalue weighted by molar-refractivity contribution is 4.85. The Kier molecular flexibility index (Phi) is 2.49. The summed E-state index contributed by atoms with van der Waals surface area (Å²) in [4.78, 5) is 24.3. The number of nitrogens with one attached hydrogen (secondary N) is 2. The van der Waals surface area contributed by atoms with Crippen LogP contribution in [0.3, 0.4) is 0 Å².